The van der Waals surface area contributed by atoms with E-state index >= 15 is 0 Å². The Bertz CT molecular complexity index is 190. The van der Waals surface area contributed by atoms with E-state index in [1.54, 1.807) is 0 Å². The normalized spacial score (nSPS) is 13.7. The van der Waals surface area contributed by atoms with E-state index in [0.717, 1.165) is 13.0 Å². The summed E-state index contributed by atoms with van der Waals surface area (Å²) in [5.74, 6) is 0. The fourth-order valence-electron chi connectivity index (χ4n) is 1.86. The van der Waals surface area contributed by atoms with E-state index in [0.29, 0.717) is 13.2 Å². The molecule has 2 N–H and O–H groups in total. The van der Waals surface area contributed by atoms with E-state index in [2.05, 4.69) is 33.0 Å². The molecule has 116 valence electrons. The average Bonchev–Trinajstić information content (AvgIpc) is 2.33. The monoisotopic (exact) mass is 273 g/mol. The lowest BCUT2D eigenvalue weighted by atomic mass is 10.1. The van der Waals surface area contributed by atoms with E-state index in [1.807, 2.05) is 0 Å². The minimum Gasteiger partial charge on any atom is -0.389 e. The van der Waals surface area contributed by atoms with Gasteiger partial charge in [0.05, 0.1) is 12.7 Å². The minimum atomic E-state index is -0.399. The SMILES string of the molecule is CCCCCCCCCOCC(O)CNC(C)(C)C. The van der Waals surface area contributed by atoms with Gasteiger partial charge in [-0.25, -0.2) is 0 Å². The Morgan fingerprint density at radius 2 is 1.58 bits per heavy atom. The summed E-state index contributed by atoms with van der Waals surface area (Å²) in [4.78, 5) is 0. The number of hydrogen-bond acceptors (Lipinski definition) is 3. The van der Waals surface area contributed by atoms with Gasteiger partial charge in [-0.15, -0.1) is 0 Å². The summed E-state index contributed by atoms with van der Waals surface area (Å²) in [5.41, 5.74) is 0.0550. The molecule has 0 heterocycles. The fourth-order valence-corrected chi connectivity index (χ4v) is 1.86. The van der Waals surface area contributed by atoms with Crippen molar-refractivity contribution in [3.63, 3.8) is 0 Å². The smallest absolute Gasteiger partial charge is 0.0897 e. The zero-order valence-corrected chi connectivity index (χ0v) is 13.5. The lowest BCUT2D eigenvalue weighted by Crippen LogP contribution is -2.42. The standard InChI is InChI=1S/C16H35NO2/c1-5-6-7-8-9-10-11-12-19-14-15(18)13-17-16(2,3)4/h15,17-18H,5-14H2,1-4H3. The molecule has 0 bridgehead atoms. The number of β-amino-alcohol motifs (C(OH)–C–C–N with tert-alkyl or cyclic N) is 1. The largest absolute Gasteiger partial charge is 0.389 e. The van der Waals surface area contributed by atoms with Gasteiger partial charge in [0.1, 0.15) is 0 Å². The highest BCUT2D eigenvalue weighted by Gasteiger charge is 2.11. The number of nitrogens with one attached hydrogen (secondary N) is 1. The molecule has 0 aromatic rings. The van der Waals surface area contributed by atoms with Crippen LogP contribution in [0.2, 0.25) is 0 Å². The maximum absolute atomic E-state index is 9.72. The van der Waals surface area contributed by atoms with Gasteiger partial charge in [0.2, 0.25) is 0 Å². The Labute approximate surface area is 120 Å². The van der Waals surface area contributed by atoms with E-state index in [4.69, 9.17) is 4.74 Å². The van der Waals surface area contributed by atoms with E-state index < -0.39 is 6.10 Å². The maximum atomic E-state index is 9.72. The van der Waals surface area contributed by atoms with E-state index in [-0.39, 0.29) is 5.54 Å². The second-order valence-corrected chi connectivity index (χ2v) is 6.48. The molecule has 1 unspecified atom stereocenters. The molecule has 0 spiro atoms. The average molecular weight is 273 g/mol. The molecule has 0 fully saturated rings. The van der Waals surface area contributed by atoms with Crippen LogP contribution >= 0.6 is 0 Å². The number of hydrogen-bond donors (Lipinski definition) is 2. The van der Waals surface area contributed by atoms with Crippen LogP contribution in [0.15, 0.2) is 0 Å². The topological polar surface area (TPSA) is 41.5 Å². The summed E-state index contributed by atoms with van der Waals surface area (Å²) in [6, 6.07) is 0. The fraction of sp³-hybridized carbons (Fsp3) is 1.00. The molecule has 3 heteroatoms. The third-order valence-corrected chi connectivity index (χ3v) is 3.07. The predicted molar refractivity (Wildman–Crippen MR) is 82.6 cm³/mol. The highest BCUT2D eigenvalue weighted by atomic mass is 16.5. The van der Waals surface area contributed by atoms with Gasteiger partial charge >= 0.3 is 0 Å². The Morgan fingerprint density at radius 3 is 2.16 bits per heavy atom. The van der Waals surface area contributed by atoms with Crippen molar-refractivity contribution in [3.05, 3.63) is 0 Å². The molecule has 19 heavy (non-hydrogen) atoms. The molecular weight excluding hydrogens is 238 g/mol. The van der Waals surface area contributed by atoms with Gasteiger partial charge in [0.25, 0.3) is 0 Å². The van der Waals surface area contributed by atoms with Crippen molar-refractivity contribution in [2.45, 2.75) is 84.3 Å². The van der Waals surface area contributed by atoms with Crippen LogP contribution in [0, 0.1) is 0 Å². The quantitative estimate of drug-likeness (QED) is 0.535. The van der Waals surface area contributed by atoms with Crippen LogP contribution in [0.4, 0.5) is 0 Å². The molecule has 0 saturated carbocycles. The van der Waals surface area contributed by atoms with E-state index in [9.17, 15) is 5.11 Å². The molecule has 1 atom stereocenters. The predicted octanol–water partition coefficient (Wildman–Crippen LogP) is 3.50. The van der Waals surface area contributed by atoms with Gasteiger partial charge in [-0.2, -0.15) is 0 Å². The molecule has 0 saturated heterocycles. The second kappa shape index (κ2) is 11.7. The maximum Gasteiger partial charge on any atom is 0.0897 e. The Morgan fingerprint density at radius 1 is 1.00 bits per heavy atom. The first-order valence-electron chi connectivity index (χ1n) is 7.96. The van der Waals surface area contributed by atoms with Gasteiger partial charge in [-0.05, 0) is 27.2 Å². The highest BCUT2D eigenvalue weighted by Crippen LogP contribution is 2.07. The number of aliphatic hydroxyl groups excluding tert-OH is 1. The van der Waals surface area contributed by atoms with Crippen molar-refractivity contribution in [2.24, 2.45) is 0 Å². The van der Waals surface area contributed by atoms with Gasteiger partial charge in [-0.1, -0.05) is 45.4 Å². The van der Waals surface area contributed by atoms with Crippen molar-refractivity contribution in [2.75, 3.05) is 19.8 Å². The van der Waals surface area contributed by atoms with Crippen LogP contribution in [-0.2, 0) is 4.74 Å². The second-order valence-electron chi connectivity index (χ2n) is 6.48. The van der Waals surface area contributed by atoms with Crippen LogP contribution in [0.5, 0.6) is 0 Å². The van der Waals surface area contributed by atoms with E-state index in [1.165, 1.54) is 38.5 Å². The van der Waals surface area contributed by atoms with Crippen molar-refractivity contribution in [1.29, 1.82) is 0 Å². The highest BCUT2D eigenvalue weighted by molar-refractivity contribution is 4.72. The number of aliphatic hydroxyl groups is 1. The first kappa shape index (κ1) is 18.9. The van der Waals surface area contributed by atoms with Crippen LogP contribution in [0.1, 0.15) is 72.6 Å². The zero-order chi connectivity index (χ0) is 14.6. The molecule has 0 aliphatic carbocycles. The Kier molecular flexibility index (Phi) is 11.6. The summed E-state index contributed by atoms with van der Waals surface area (Å²) in [6.45, 7) is 10.4. The summed E-state index contributed by atoms with van der Waals surface area (Å²) < 4.78 is 5.50. The molecule has 0 aromatic carbocycles. The zero-order valence-electron chi connectivity index (χ0n) is 13.5. The Balaban J connectivity index is 3.21. The summed E-state index contributed by atoms with van der Waals surface area (Å²) in [5, 5.41) is 13.0. The lowest BCUT2D eigenvalue weighted by Gasteiger charge is -2.22. The molecule has 0 aliphatic heterocycles. The van der Waals surface area contributed by atoms with Gasteiger partial charge < -0.3 is 15.2 Å². The summed E-state index contributed by atoms with van der Waals surface area (Å²) in [7, 11) is 0. The number of unbranched alkanes of at least 4 members (excludes halogenated alkanes) is 6. The minimum absolute atomic E-state index is 0.0550. The van der Waals surface area contributed by atoms with Crippen molar-refractivity contribution in [1.82, 2.24) is 5.32 Å². The van der Waals surface area contributed by atoms with Gasteiger partial charge in [0.15, 0.2) is 0 Å². The van der Waals surface area contributed by atoms with Crippen LogP contribution in [0.3, 0.4) is 0 Å². The van der Waals surface area contributed by atoms with Crippen LogP contribution < -0.4 is 5.32 Å². The summed E-state index contributed by atoms with van der Waals surface area (Å²) >= 11 is 0. The molecule has 0 aliphatic rings. The van der Waals surface area contributed by atoms with Crippen molar-refractivity contribution >= 4 is 0 Å². The van der Waals surface area contributed by atoms with Crippen molar-refractivity contribution < 1.29 is 9.84 Å². The molecular formula is C16H35NO2. The Hall–Kier alpha value is -0.120. The third-order valence-electron chi connectivity index (χ3n) is 3.07. The number of rotatable bonds is 12. The molecule has 0 aromatic heterocycles. The lowest BCUT2D eigenvalue weighted by molar-refractivity contribution is 0.0326. The molecule has 0 rings (SSSR count). The van der Waals surface area contributed by atoms with Crippen LogP contribution in [-0.4, -0.2) is 36.5 Å². The molecule has 0 amide bonds. The molecule has 0 radical (unpaired) electrons. The van der Waals surface area contributed by atoms with Crippen LogP contribution in [0.25, 0.3) is 0 Å². The van der Waals surface area contributed by atoms with Gasteiger partial charge in [0, 0.05) is 18.7 Å². The third kappa shape index (κ3) is 15.8. The van der Waals surface area contributed by atoms with Crippen molar-refractivity contribution in [3.8, 4) is 0 Å². The molecule has 3 nitrogen and oxygen atoms in total. The summed E-state index contributed by atoms with van der Waals surface area (Å²) in [6.07, 6.45) is 8.68. The number of ether oxygens (including phenoxy) is 1. The first-order chi connectivity index (χ1) is 8.95. The van der Waals surface area contributed by atoms with Gasteiger partial charge in [-0.3, -0.25) is 0 Å². The first-order valence-corrected chi connectivity index (χ1v) is 7.96.